The van der Waals surface area contributed by atoms with Gasteiger partial charge in [0.05, 0.1) is 39.6 Å². The standard InChI is InChI=1S/C26H25N3O5.C24H19F2N3O3/c1-16-24(25(30)26(31)28-18-11-12-27-23(13-18)34-4)21-14-20(33-3)9-10-22(21)29(16)15-17-5-7-19(32-2)8-6-17;1-14-22(23(30)24(31)28-18-9-10-27-21(12-18)32-2)19-11-17(26)7-8-20(19)29(14)13-15-3-5-16(25)6-4-15/h5-14H,15H2,1-4H3,(H,27,28,31);3-12H,13H2,1-2H3,(H,27,28,31). The van der Waals surface area contributed by atoms with Crippen molar-refractivity contribution >= 4 is 56.6 Å². The minimum absolute atomic E-state index is 0.111. The van der Waals surface area contributed by atoms with Gasteiger partial charge in [0.2, 0.25) is 11.8 Å². The summed E-state index contributed by atoms with van der Waals surface area (Å²) in [5, 5.41) is 6.16. The van der Waals surface area contributed by atoms with Crippen molar-refractivity contribution in [3.63, 3.8) is 0 Å². The molecule has 336 valence electrons. The molecule has 4 heterocycles. The molecular weight excluding hydrogens is 851 g/mol. The van der Waals surface area contributed by atoms with Gasteiger partial charge in [0.15, 0.2) is 0 Å². The van der Waals surface area contributed by atoms with E-state index < -0.39 is 29.2 Å². The van der Waals surface area contributed by atoms with Gasteiger partial charge in [0.1, 0.15) is 23.1 Å². The molecule has 0 fully saturated rings. The number of fused-ring (bicyclic) bond motifs is 2. The summed E-state index contributed by atoms with van der Waals surface area (Å²) in [6.07, 6.45) is 2.93. The zero-order chi connectivity index (χ0) is 47.1. The number of rotatable bonds is 14. The largest absolute Gasteiger partial charge is 0.497 e. The lowest BCUT2D eigenvalue weighted by molar-refractivity contribution is -0.113. The van der Waals surface area contributed by atoms with Crippen molar-refractivity contribution in [2.24, 2.45) is 0 Å². The zero-order valence-electron chi connectivity index (χ0n) is 36.8. The SMILES string of the molecule is COc1cc(NC(=O)C(=O)c2c(C)n(Cc3ccc(F)cc3)c3ccc(F)cc23)ccn1.COc1ccc(Cn2c(C)c(C(=O)C(=O)Nc3ccnc(OC)c3)c3cc(OC)ccc32)cc1. The molecule has 8 rings (SSSR count). The number of ether oxygens (including phenoxy) is 4. The van der Waals surface area contributed by atoms with Crippen molar-refractivity contribution in [3.05, 3.63) is 167 Å². The summed E-state index contributed by atoms with van der Waals surface area (Å²) in [6.45, 7) is 4.38. The lowest BCUT2D eigenvalue weighted by Crippen LogP contribution is -2.23. The average Bonchev–Trinajstić information content (AvgIpc) is 3.76. The fraction of sp³-hybridized carbons (Fsp3) is 0.160. The van der Waals surface area contributed by atoms with Gasteiger partial charge in [-0.15, -0.1) is 0 Å². The van der Waals surface area contributed by atoms with Crippen molar-refractivity contribution in [1.29, 1.82) is 0 Å². The van der Waals surface area contributed by atoms with Gasteiger partial charge in [-0.3, -0.25) is 19.2 Å². The molecule has 4 aromatic heterocycles. The summed E-state index contributed by atoms with van der Waals surface area (Å²) in [5.41, 5.74) is 5.64. The minimum atomic E-state index is -0.869. The van der Waals surface area contributed by atoms with E-state index in [1.807, 2.05) is 47.9 Å². The number of Topliss-reactive ketones (excluding diaryl/α,β-unsaturated/α-hetero) is 2. The average molecular weight is 895 g/mol. The number of pyridine rings is 2. The first-order chi connectivity index (χ1) is 31.8. The summed E-state index contributed by atoms with van der Waals surface area (Å²) in [6, 6.07) is 29.4. The monoisotopic (exact) mass is 894 g/mol. The number of carbonyl (C=O) groups excluding carboxylic acids is 4. The maximum atomic E-state index is 14.0. The molecule has 4 aromatic carbocycles. The molecule has 0 spiro atoms. The number of halogens is 2. The van der Waals surface area contributed by atoms with Gasteiger partial charge in [0, 0.05) is 82.2 Å². The van der Waals surface area contributed by atoms with Crippen LogP contribution in [0.4, 0.5) is 20.2 Å². The van der Waals surface area contributed by atoms with Gasteiger partial charge >= 0.3 is 0 Å². The molecule has 8 aromatic rings. The smallest absolute Gasteiger partial charge is 0.296 e. The van der Waals surface area contributed by atoms with Crippen LogP contribution >= 0.6 is 0 Å². The highest BCUT2D eigenvalue weighted by Crippen LogP contribution is 2.32. The van der Waals surface area contributed by atoms with Crippen molar-refractivity contribution in [1.82, 2.24) is 19.1 Å². The van der Waals surface area contributed by atoms with Crippen molar-refractivity contribution in [3.8, 4) is 23.3 Å². The quantitative estimate of drug-likeness (QED) is 0.0797. The molecule has 0 saturated carbocycles. The molecule has 0 aliphatic carbocycles. The maximum Gasteiger partial charge on any atom is 0.296 e. The lowest BCUT2D eigenvalue weighted by atomic mass is 10.1. The van der Waals surface area contributed by atoms with Crippen LogP contribution < -0.4 is 29.6 Å². The molecule has 66 heavy (non-hydrogen) atoms. The van der Waals surface area contributed by atoms with E-state index in [4.69, 9.17) is 18.9 Å². The molecule has 14 nitrogen and oxygen atoms in total. The molecule has 2 N–H and O–H groups in total. The molecule has 16 heteroatoms. The van der Waals surface area contributed by atoms with Crippen molar-refractivity contribution in [2.45, 2.75) is 26.9 Å². The molecule has 0 bridgehead atoms. The third-order valence-corrected chi connectivity index (χ3v) is 10.8. The van der Waals surface area contributed by atoms with E-state index >= 15 is 0 Å². The Kier molecular flexibility index (Phi) is 13.8. The summed E-state index contributed by atoms with van der Waals surface area (Å²) >= 11 is 0. The van der Waals surface area contributed by atoms with E-state index in [0.717, 1.165) is 22.4 Å². The van der Waals surface area contributed by atoms with Crippen LogP contribution in [0.1, 0.15) is 43.2 Å². The molecule has 0 aliphatic rings. The van der Waals surface area contributed by atoms with E-state index in [-0.39, 0.29) is 17.3 Å². The highest BCUT2D eigenvalue weighted by molar-refractivity contribution is 6.49. The van der Waals surface area contributed by atoms with Crippen LogP contribution in [0, 0.1) is 25.5 Å². The maximum absolute atomic E-state index is 14.0. The Morgan fingerprint density at radius 3 is 1.41 bits per heavy atom. The van der Waals surface area contributed by atoms with Crippen LogP contribution in [0.3, 0.4) is 0 Å². The molecule has 0 radical (unpaired) electrons. The summed E-state index contributed by atoms with van der Waals surface area (Å²) in [5.74, 6) is -1.95. The number of nitrogens with zero attached hydrogens (tertiary/aromatic N) is 4. The number of anilines is 2. The van der Waals surface area contributed by atoms with Gasteiger partial charge in [-0.2, -0.15) is 0 Å². The normalized spacial score (nSPS) is 10.8. The second-order valence-electron chi connectivity index (χ2n) is 14.9. The topological polar surface area (TPSA) is 165 Å². The lowest BCUT2D eigenvalue weighted by Gasteiger charge is -2.10. The van der Waals surface area contributed by atoms with Crippen LogP contribution in [0.25, 0.3) is 21.8 Å². The number of aromatic nitrogens is 4. The summed E-state index contributed by atoms with van der Waals surface area (Å²) < 4.78 is 51.9. The van der Waals surface area contributed by atoms with Crippen LogP contribution in [0.15, 0.2) is 122 Å². The highest BCUT2D eigenvalue weighted by atomic mass is 19.1. The fourth-order valence-electron chi connectivity index (χ4n) is 7.51. The van der Waals surface area contributed by atoms with Gasteiger partial charge in [-0.05, 0) is 97.8 Å². The first-order valence-corrected chi connectivity index (χ1v) is 20.4. The molecule has 0 unspecified atom stereocenters. The first-order valence-electron chi connectivity index (χ1n) is 20.4. The predicted octanol–water partition coefficient (Wildman–Crippen LogP) is 8.74. The van der Waals surface area contributed by atoms with E-state index in [1.54, 1.807) is 62.1 Å². The summed E-state index contributed by atoms with van der Waals surface area (Å²) in [4.78, 5) is 60.1. The number of benzene rings is 4. The Morgan fingerprint density at radius 2 is 0.939 bits per heavy atom. The predicted molar refractivity (Wildman–Crippen MR) is 245 cm³/mol. The molecule has 2 amide bonds. The Bertz CT molecular complexity index is 3110. The molecule has 0 atom stereocenters. The van der Waals surface area contributed by atoms with E-state index in [2.05, 4.69) is 20.6 Å². The molecular formula is C50H44F2N6O8. The van der Waals surface area contributed by atoms with Crippen LogP contribution in [0.2, 0.25) is 0 Å². The van der Waals surface area contributed by atoms with E-state index in [1.165, 1.54) is 63.0 Å². The number of ketones is 2. The Hall–Kier alpha value is -8.40. The van der Waals surface area contributed by atoms with Gasteiger partial charge in [0.25, 0.3) is 23.4 Å². The van der Waals surface area contributed by atoms with Crippen LogP contribution in [-0.2, 0) is 22.7 Å². The first kappa shape index (κ1) is 45.6. The van der Waals surface area contributed by atoms with Crippen LogP contribution in [0.5, 0.6) is 23.3 Å². The Balaban J connectivity index is 0.000000197. The minimum Gasteiger partial charge on any atom is -0.497 e. The number of methoxy groups -OCH3 is 4. The van der Waals surface area contributed by atoms with E-state index in [0.29, 0.717) is 69.3 Å². The molecule has 0 saturated heterocycles. The number of carbonyl (C=O) groups is 4. The third kappa shape index (κ3) is 9.87. The second kappa shape index (κ2) is 20.0. The van der Waals surface area contributed by atoms with Gasteiger partial charge in [-0.25, -0.2) is 18.7 Å². The zero-order valence-corrected chi connectivity index (χ0v) is 36.8. The Labute approximate surface area is 377 Å². The number of hydrogen-bond donors (Lipinski definition) is 2. The number of nitrogens with one attached hydrogen (secondary N) is 2. The Morgan fingerprint density at radius 1 is 0.515 bits per heavy atom. The highest BCUT2D eigenvalue weighted by Gasteiger charge is 2.28. The molecule has 0 aliphatic heterocycles. The van der Waals surface area contributed by atoms with Gasteiger partial charge < -0.3 is 38.7 Å². The fourth-order valence-corrected chi connectivity index (χ4v) is 7.51. The second-order valence-corrected chi connectivity index (χ2v) is 14.9. The number of amides is 2. The van der Waals surface area contributed by atoms with Crippen LogP contribution in [-0.4, -0.2) is 70.9 Å². The van der Waals surface area contributed by atoms with Crippen molar-refractivity contribution in [2.75, 3.05) is 39.1 Å². The van der Waals surface area contributed by atoms with Gasteiger partial charge in [-0.1, -0.05) is 24.3 Å². The van der Waals surface area contributed by atoms with E-state index in [9.17, 15) is 28.0 Å². The summed E-state index contributed by atoms with van der Waals surface area (Å²) in [7, 11) is 6.10. The number of hydrogen-bond acceptors (Lipinski definition) is 10. The third-order valence-electron chi connectivity index (χ3n) is 10.8. The van der Waals surface area contributed by atoms with Crippen molar-refractivity contribution < 1.29 is 46.9 Å².